The number of imidazole rings is 1. The molecule has 4 nitrogen and oxygen atoms in total. The summed E-state index contributed by atoms with van der Waals surface area (Å²) in [6.45, 7) is 0. The van der Waals surface area contributed by atoms with Gasteiger partial charge >= 0.3 is 0 Å². The zero-order valence-corrected chi connectivity index (χ0v) is 10.9. The quantitative estimate of drug-likeness (QED) is 0.805. The number of nitrogens with one attached hydrogen (secondary N) is 1. The van der Waals surface area contributed by atoms with Gasteiger partial charge in [-0.15, -0.1) is 0 Å². The van der Waals surface area contributed by atoms with E-state index in [1.807, 2.05) is 6.07 Å². The summed E-state index contributed by atoms with van der Waals surface area (Å²) in [5.41, 5.74) is 1.41. The van der Waals surface area contributed by atoms with Crippen LogP contribution in [0.15, 0.2) is 48.8 Å². The Morgan fingerprint density at radius 1 is 1.24 bits per heavy atom. The number of hydrogen-bond acceptors (Lipinski definition) is 2. The van der Waals surface area contributed by atoms with Gasteiger partial charge in [0.25, 0.3) is 0 Å². The van der Waals surface area contributed by atoms with Crippen molar-refractivity contribution in [3.8, 4) is 0 Å². The van der Waals surface area contributed by atoms with Crippen molar-refractivity contribution >= 4 is 17.2 Å². The van der Waals surface area contributed by atoms with Crippen molar-refractivity contribution in [1.82, 2.24) is 9.38 Å². The molecule has 1 N–H and O–H groups in total. The maximum atomic E-state index is 13.5. The van der Waals surface area contributed by atoms with Gasteiger partial charge in [-0.25, -0.2) is 13.8 Å². The highest BCUT2D eigenvalue weighted by molar-refractivity contribution is 5.92. The minimum absolute atomic E-state index is 0.0424. The molecule has 0 spiro atoms. The Morgan fingerprint density at radius 3 is 2.90 bits per heavy atom. The minimum Gasteiger partial charge on any atom is -0.323 e. The summed E-state index contributed by atoms with van der Waals surface area (Å²) in [4.78, 5) is 16.1. The van der Waals surface area contributed by atoms with Crippen LogP contribution in [0.5, 0.6) is 0 Å². The predicted octanol–water partition coefficient (Wildman–Crippen LogP) is 2.79. The predicted molar refractivity (Wildman–Crippen MR) is 73.9 cm³/mol. The van der Waals surface area contributed by atoms with E-state index in [9.17, 15) is 13.6 Å². The Kier molecular flexibility index (Phi) is 3.35. The molecule has 21 heavy (non-hydrogen) atoms. The molecule has 3 aromatic rings. The normalized spacial score (nSPS) is 10.8. The SMILES string of the molecule is O=C(Cc1cccc2nccn12)Nc1ccc(F)cc1F. The van der Waals surface area contributed by atoms with Crippen LogP contribution in [0.3, 0.4) is 0 Å². The third-order valence-electron chi connectivity index (χ3n) is 3.06. The second kappa shape index (κ2) is 5.32. The van der Waals surface area contributed by atoms with Gasteiger partial charge in [0.05, 0.1) is 12.1 Å². The lowest BCUT2D eigenvalue weighted by Gasteiger charge is -2.08. The van der Waals surface area contributed by atoms with Crippen LogP contribution in [0.1, 0.15) is 5.69 Å². The standard InChI is InChI=1S/C15H11F2N3O/c16-10-4-5-13(12(17)8-10)19-15(21)9-11-2-1-3-14-18-6-7-20(11)14/h1-8H,9H2,(H,19,21). The van der Waals surface area contributed by atoms with Gasteiger partial charge in [-0.2, -0.15) is 0 Å². The van der Waals surface area contributed by atoms with E-state index in [0.717, 1.165) is 23.5 Å². The molecule has 0 atom stereocenters. The zero-order valence-electron chi connectivity index (χ0n) is 10.9. The van der Waals surface area contributed by atoms with E-state index < -0.39 is 11.6 Å². The van der Waals surface area contributed by atoms with Crippen molar-refractivity contribution in [3.05, 3.63) is 66.1 Å². The number of rotatable bonds is 3. The molecule has 0 saturated carbocycles. The van der Waals surface area contributed by atoms with E-state index in [1.165, 1.54) is 6.07 Å². The molecule has 1 aromatic carbocycles. The number of hydrogen-bond donors (Lipinski definition) is 1. The fraction of sp³-hybridized carbons (Fsp3) is 0.0667. The zero-order chi connectivity index (χ0) is 14.8. The number of anilines is 1. The van der Waals surface area contributed by atoms with Gasteiger partial charge in [0.1, 0.15) is 17.3 Å². The molecule has 0 fully saturated rings. The fourth-order valence-electron chi connectivity index (χ4n) is 2.10. The molecule has 2 aromatic heterocycles. The van der Waals surface area contributed by atoms with Crippen LogP contribution >= 0.6 is 0 Å². The first-order chi connectivity index (χ1) is 10.1. The lowest BCUT2D eigenvalue weighted by molar-refractivity contribution is -0.115. The van der Waals surface area contributed by atoms with Gasteiger partial charge in [-0.05, 0) is 24.3 Å². The molecule has 1 amide bonds. The summed E-state index contributed by atoms with van der Waals surface area (Å²) < 4.78 is 28.1. The molecule has 0 unspecified atom stereocenters. The number of pyridine rings is 1. The van der Waals surface area contributed by atoms with Crippen LogP contribution in [0.4, 0.5) is 14.5 Å². The molecule has 106 valence electrons. The number of carbonyl (C=O) groups excluding carboxylic acids is 1. The summed E-state index contributed by atoms with van der Waals surface area (Å²) in [6, 6.07) is 8.42. The maximum Gasteiger partial charge on any atom is 0.230 e. The molecule has 0 saturated heterocycles. The first-order valence-corrected chi connectivity index (χ1v) is 6.29. The molecule has 0 aliphatic rings. The minimum atomic E-state index is -0.802. The van der Waals surface area contributed by atoms with E-state index >= 15 is 0 Å². The summed E-state index contributed by atoms with van der Waals surface area (Å²) in [5, 5.41) is 2.43. The third-order valence-corrected chi connectivity index (χ3v) is 3.06. The lowest BCUT2D eigenvalue weighted by atomic mass is 10.2. The van der Waals surface area contributed by atoms with Crippen LogP contribution in [0, 0.1) is 11.6 Å². The van der Waals surface area contributed by atoms with Gasteiger partial charge < -0.3 is 9.72 Å². The molecular weight excluding hydrogens is 276 g/mol. The van der Waals surface area contributed by atoms with E-state index in [0.29, 0.717) is 0 Å². The van der Waals surface area contributed by atoms with E-state index in [-0.39, 0.29) is 18.0 Å². The number of fused-ring (bicyclic) bond motifs is 1. The molecule has 0 aliphatic carbocycles. The highest BCUT2D eigenvalue weighted by atomic mass is 19.1. The second-order valence-electron chi connectivity index (χ2n) is 4.52. The highest BCUT2D eigenvalue weighted by Crippen LogP contribution is 2.15. The van der Waals surface area contributed by atoms with Crippen molar-refractivity contribution in [2.45, 2.75) is 6.42 Å². The smallest absolute Gasteiger partial charge is 0.230 e. The molecule has 6 heteroatoms. The van der Waals surface area contributed by atoms with Gasteiger partial charge in [-0.1, -0.05) is 6.07 Å². The summed E-state index contributed by atoms with van der Waals surface area (Å²) in [7, 11) is 0. The molecule has 3 rings (SSSR count). The highest BCUT2D eigenvalue weighted by Gasteiger charge is 2.10. The van der Waals surface area contributed by atoms with Crippen LogP contribution in [0.2, 0.25) is 0 Å². The van der Waals surface area contributed by atoms with Gasteiger partial charge in [0.2, 0.25) is 5.91 Å². The second-order valence-corrected chi connectivity index (χ2v) is 4.52. The first kappa shape index (κ1) is 13.2. The number of nitrogens with zero attached hydrogens (tertiary/aromatic N) is 2. The molecular formula is C15H11F2N3O. The van der Waals surface area contributed by atoms with E-state index in [4.69, 9.17) is 0 Å². The average molecular weight is 287 g/mol. The maximum absolute atomic E-state index is 13.5. The van der Waals surface area contributed by atoms with Crippen LogP contribution in [0.25, 0.3) is 5.65 Å². The van der Waals surface area contributed by atoms with Gasteiger partial charge in [-0.3, -0.25) is 4.79 Å². The number of carbonyl (C=O) groups is 1. The molecule has 2 heterocycles. The van der Waals surface area contributed by atoms with Crippen molar-refractivity contribution in [3.63, 3.8) is 0 Å². The number of aromatic nitrogens is 2. The van der Waals surface area contributed by atoms with E-state index in [1.54, 1.807) is 28.9 Å². The summed E-state index contributed by atoms with van der Waals surface area (Å²) in [6.07, 6.45) is 3.44. The summed E-state index contributed by atoms with van der Waals surface area (Å²) >= 11 is 0. The van der Waals surface area contributed by atoms with Crippen molar-refractivity contribution in [2.24, 2.45) is 0 Å². The Bertz CT molecular complexity index is 814. The van der Waals surface area contributed by atoms with Gasteiger partial charge in [0, 0.05) is 24.2 Å². The third kappa shape index (κ3) is 2.74. The summed E-state index contributed by atoms with van der Waals surface area (Å²) in [5.74, 6) is -1.88. The Hall–Kier alpha value is -2.76. The van der Waals surface area contributed by atoms with Crippen molar-refractivity contribution in [1.29, 1.82) is 0 Å². The Labute approximate surface area is 119 Å². The van der Waals surface area contributed by atoms with Crippen LogP contribution in [-0.4, -0.2) is 15.3 Å². The fourth-order valence-corrected chi connectivity index (χ4v) is 2.10. The Balaban J connectivity index is 1.79. The topological polar surface area (TPSA) is 46.4 Å². The largest absolute Gasteiger partial charge is 0.323 e. The van der Waals surface area contributed by atoms with Crippen molar-refractivity contribution in [2.75, 3.05) is 5.32 Å². The van der Waals surface area contributed by atoms with Crippen LogP contribution < -0.4 is 5.32 Å². The molecule has 0 radical (unpaired) electrons. The van der Waals surface area contributed by atoms with E-state index in [2.05, 4.69) is 10.3 Å². The lowest BCUT2D eigenvalue weighted by Crippen LogP contribution is -2.17. The molecule has 0 aliphatic heterocycles. The van der Waals surface area contributed by atoms with Gasteiger partial charge in [0.15, 0.2) is 0 Å². The van der Waals surface area contributed by atoms with Crippen molar-refractivity contribution < 1.29 is 13.6 Å². The Morgan fingerprint density at radius 2 is 2.10 bits per heavy atom. The average Bonchev–Trinajstić information content (AvgIpc) is 2.91. The van der Waals surface area contributed by atoms with Crippen LogP contribution in [-0.2, 0) is 11.2 Å². The first-order valence-electron chi connectivity index (χ1n) is 6.29. The number of amides is 1. The monoisotopic (exact) mass is 287 g/mol. The number of halogens is 2. The molecule has 0 bridgehead atoms. The number of benzene rings is 1.